The number of nitrogens with zero attached hydrogens (tertiary/aromatic N) is 4. The maximum Gasteiger partial charge on any atom is 0.236 e. The molecule has 0 saturated carbocycles. The maximum atomic E-state index is 12.7. The number of anilines is 1. The molecule has 0 unspecified atom stereocenters. The first-order valence-electron chi connectivity index (χ1n) is 10.2. The van der Waals surface area contributed by atoms with E-state index < -0.39 is 5.41 Å². The minimum absolute atomic E-state index is 0.0159. The van der Waals surface area contributed by atoms with Crippen LogP contribution in [0.15, 0.2) is 36.4 Å². The van der Waals surface area contributed by atoms with E-state index in [4.69, 9.17) is 9.72 Å². The number of amides is 1. The lowest BCUT2D eigenvalue weighted by Gasteiger charge is -2.16. The Kier molecular flexibility index (Phi) is 4.18. The maximum absolute atomic E-state index is 12.7. The summed E-state index contributed by atoms with van der Waals surface area (Å²) in [6.07, 6.45) is 1.25. The van der Waals surface area contributed by atoms with E-state index in [9.17, 15) is 9.90 Å². The number of hydrogen-bond donors (Lipinski definition) is 1. The monoisotopic (exact) mass is 404 g/mol. The molecule has 0 atom stereocenters. The van der Waals surface area contributed by atoms with E-state index in [2.05, 4.69) is 11.2 Å². The highest BCUT2D eigenvalue weighted by molar-refractivity contribution is 6.07. The molecular formula is C23H24N4O3. The first kappa shape index (κ1) is 18.8. The van der Waals surface area contributed by atoms with Crippen LogP contribution in [0.2, 0.25) is 0 Å². The van der Waals surface area contributed by atoms with Crippen molar-refractivity contribution in [1.82, 2.24) is 14.8 Å². The summed E-state index contributed by atoms with van der Waals surface area (Å²) < 4.78 is 7.44. The van der Waals surface area contributed by atoms with Crippen molar-refractivity contribution in [3.63, 3.8) is 0 Å². The molecule has 3 heterocycles. The number of aliphatic hydroxyl groups excluding tert-OH is 1. The molecule has 7 heteroatoms. The second-order valence-corrected chi connectivity index (χ2v) is 8.35. The summed E-state index contributed by atoms with van der Waals surface area (Å²) in [7, 11) is 1.81. The fraction of sp³-hybridized carbons (Fsp3) is 0.348. The molecule has 3 aromatic rings. The molecule has 0 fully saturated rings. The molecule has 154 valence electrons. The van der Waals surface area contributed by atoms with Gasteiger partial charge in [0, 0.05) is 31.1 Å². The molecule has 2 aromatic carbocycles. The number of hydrogen-bond acceptors (Lipinski definition) is 5. The van der Waals surface area contributed by atoms with E-state index in [0.717, 1.165) is 40.2 Å². The fourth-order valence-corrected chi connectivity index (χ4v) is 4.34. The van der Waals surface area contributed by atoms with Crippen molar-refractivity contribution in [1.29, 1.82) is 0 Å². The van der Waals surface area contributed by atoms with Gasteiger partial charge in [0.25, 0.3) is 0 Å². The van der Waals surface area contributed by atoms with Crippen LogP contribution in [0, 0.1) is 0 Å². The van der Waals surface area contributed by atoms with Gasteiger partial charge in [-0.1, -0.05) is 0 Å². The van der Waals surface area contributed by atoms with Crippen LogP contribution in [-0.4, -0.2) is 46.0 Å². The number of ether oxygens (including phenoxy) is 1. The Morgan fingerprint density at radius 2 is 2.03 bits per heavy atom. The normalized spacial score (nSPS) is 16.5. The average Bonchev–Trinajstić information content (AvgIpc) is 3.42. The lowest BCUT2D eigenvalue weighted by atomic mass is 9.85. The molecule has 5 rings (SSSR count). The van der Waals surface area contributed by atoms with Gasteiger partial charge in [0.15, 0.2) is 11.6 Å². The van der Waals surface area contributed by atoms with Crippen molar-refractivity contribution >= 4 is 11.6 Å². The summed E-state index contributed by atoms with van der Waals surface area (Å²) in [5, 5.41) is 14.1. The van der Waals surface area contributed by atoms with Gasteiger partial charge in [-0.3, -0.25) is 4.79 Å². The number of aromatic nitrogens is 3. The quantitative estimate of drug-likeness (QED) is 0.723. The van der Waals surface area contributed by atoms with E-state index in [1.165, 1.54) is 0 Å². The molecule has 30 heavy (non-hydrogen) atoms. The van der Waals surface area contributed by atoms with Crippen molar-refractivity contribution in [2.75, 3.05) is 25.2 Å². The van der Waals surface area contributed by atoms with Gasteiger partial charge in [-0.2, -0.15) is 5.10 Å². The third-order valence-electron chi connectivity index (χ3n) is 6.03. The number of fused-ring (bicyclic) bond motifs is 2. The third kappa shape index (κ3) is 2.73. The molecule has 0 saturated heterocycles. The molecule has 0 radical (unpaired) electrons. The molecule has 1 aromatic heterocycles. The minimum Gasteiger partial charge on any atom is -0.493 e. The largest absolute Gasteiger partial charge is 0.493 e. The molecule has 1 N–H and O–H groups in total. The van der Waals surface area contributed by atoms with Gasteiger partial charge in [-0.25, -0.2) is 9.67 Å². The lowest BCUT2D eigenvalue weighted by Crippen LogP contribution is -2.33. The summed E-state index contributed by atoms with van der Waals surface area (Å²) in [5.41, 5.74) is 4.25. The van der Waals surface area contributed by atoms with Gasteiger partial charge < -0.3 is 14.7 Å². The standard InChI is InChI=1S/C23H24N4O3/c1-23(2)17-13-15(4-6-18(17)26(3)22(23)29)21-24-20(8-10-28)25-27(21)16-5-7-19-14(12-16)9-11-30-19/h4-7,12-13,28H,8-11H2,1-3H3. The molecular weight excluding hydrogens is 380 g/mol. The van der Waals surface area contributed by atoms with Crippen molar-refractivity contribution in [2.45, 2.75) is 32.1 Å². The van der Waals surface area contributed by atoms with E-state index >= 15 is 0 Å². The van der Waals surface area contributed by atoms with Crippen molar-refractivity contribution < 1.29 is 14.6 Å². The van der Waals surface area contributed by atoms with Crippen LogP contribution in [0.1, 0.15) is 30.8 Å². The van der Waals surface area contributed by atoms with Gasteiger partial charge in [0.05, 0.1) is 24.3 Å². The molecule has 0 bridgehead atoms. The second kappa shape index (κ2) is 6.67. The molecule has 0 spiro atoms. The highest BCUT2D eigenvalue weighted by Crippen LogP contribution is 2.42. The Labute approximate surface area is 174 Å². The predicted molar refractivity (Wildman–Crippen MR) is 113 cm³/mol. The Hall–Kier alpha value is -3.19. The highest BCUT2D eigenvalue weighted by atomic mass is 16.5. The Morgan fingerprint density at radius 1 is 1.20 bits per heavy atom. The second-order valence-electron chi connectivity index (χ2n) is 8.35. The highest BCUT2D eigenvalue weighted by Gasteiger charge is 2.42. The topological polar surface area (TPSA) is 80.5 Å². The average molecular weight is 404 g/mol. The predicted octanol–water partition coefficient (Wildman–Crippen LogP) is 2.66. The summed E-state index contributed by atoms with van der Waals surface area (Å²) in [6, 6.07) is 12.0. The van der Waals surface area contributed by atoms with Gasteiger partial charge in [0.2, 0.25) is 5.91 Å². The van der Waals surface area contributed by atoms with E-state index in [1.807, 2.05) is 55.9 Å². The first-order valence-corrected chi connectivity index (χ1v) is 10.2. The van der Waals surface area contributed by atoms with Crippen LogP contribution in [-0.2, 0) is 23.1 Å². The van der Waals surface area contributed by atoms with Crippen LogP contribution in [0.4, 0.5) is 5.69 Å². The summed E-state index contributed by atoms with van der Waals surface area (Å²) in [4.78, 5) is 19.1. The van der Waals surface area contributed by atoms with E-state index in [0.29, 0.717) is 24.7 Å². The number of benzene rings is 2. The smallest absolute Gasteiger partial charge is 0.236 e. The summed E-state index contributed by atoms with van der Waals surface area (Å²) >= 11 is 0. The Morgan fingerprint density at radius 3 is 2.83 bits per heavy atom. The third-order valence-corrected chi connectivity index (χ3v) is 6.03. The Bertz CT molecular complexity index is 1170. The molecule has 7 nitrogen and oxygen atoms in total. The van der Waals surface area contributed by atoms with Gasteiger partial charge in [-0.15, -0.1) is 0 Å². The number of carbonyl (C=O) groups excluding carboxylic acids is 1. The van der Waals surface area contributed by atoms with Crippen LogP contribution in [0.5, 0.6) is 5.75 Å². The lowest BCUT2D eigenvalue weighted by molar-refractivity contribution is -0.121. The van der Waals surface area contributed by atoms with Crippen LogP contribution < -0.4 is 9.64 Å². The van der Waals surface area contributed by atoms with Crippen LogP contribution in [0.25, 0.3) is 17.1 Å². The molecule has 1 amide bonds. The molecule has 0 aliphatic carbocycles. The van der Waals surface area contributed by atoms with Crippen molar-refractivity contribution in [2.24, 2.45) is 0 Å². The number of carbonyl (C=O) groups is 1. The number of aliphatic hydroxyl groups is 1. The SMILES string of the molecule is CN1C(=O)C(C)(C)c2cc(-c3nc(CCO)nn3-c3ccc4c(c3)CCO4)ccc21. The summed E-state index contributed by atoms with van der Waals surface area (Å²) in [6.45, 7) is 4.58. The Balaban J connectivity index is 1.65. The molecule has 2 aliphatic rings. The zero-order valence-electron chi connectivity index (χ0n) is 17.3. The first-order chi connectivity index (χ1) is 14.4. The fourth-order valence-electron chi connectivity index (χ4n) is 4.34. The minimum atomic E-state index is -0.593. The van der Waals surface area contributed by atoms with Gasteiger partial charge >= 0.3 is 0 Å². The van der Waals surface area contributed by atoms with Crippen LogP contribution >= 0.6 is 0 Å². The van der Waals surface area contributed by atoms with E-state index in [-0.39, 0.29) is 12.5 Å². The van der Waals surface area contributed by atoms with Crippen LogP contribution in [0.3, 0.4) is 0 Å². The van der Waals surface area contributed by atoms with Crippen molar-refractivity contribution in [3.05, 3.63) is 53.3 Å². The molecule has 2 aliphatic heterocycles. The van der Waals surface area contributed by atoms with Crippen molar-refractivity contribution in [3.8, 4) is 22.8 Å². The van der Waals surface area contributed by atoms with Gasteiger partial charge in [-0.05, 0) is 61.4 Å². The number of rotatable bonds is 4. The zero-order chi connectivity index (χ0) is 21.0. The zero-order valence-corrected chi connectivity index (χ0v) is 17.3. The summed E-state index contributed by atoms with van der Waals surface area (Å²) in [5.74, 6) is 2.27. The van der Waals surface area contributed by atoms with E-state index in [1.54, 1.807) is 4.90 Å². The number of likely N-dealkylation sites (N-methyl/N-ethyl adjacent to an activating group) is 1. The van der Waals surface area contributed by atoms with Gasteiger partial charge in [0.1, 0.15) is 5.75 Å².